The molecule has 1 saturated carbocycles. The molecule has 1 aromatic carbocycles. The maximum atomic E-state index is 12.0. The standard InChI is InChI=1S/C19H21N3O4/c1-9-5-12-14(22-18(24)16(9)12)8-26-19-11-7-15(25-2)13(17(20)23)6-10(11)3-4-21-19/h3-4,6-7,9,12,14,16H,5,8H2,1-2H3,(H2,20,23)(H,22,24)/t9-,12+,14+,16+/m0/s1. The molecule has 1 aromatic heterocycles. The number of amides is 2. The zero-order chi connectivity index (χ0) is 18.4. The highest BCUT2D eigenvalue weighted by Gasteiger charge is 2.52. The Labute approximate surface area is 150 Å². The van der Waals surface area contributed by atoms with E-state index in [1.165, 1.54) is 7.11 Å². The Balaban J connectivity index is 1.59. The summed E-state index contributed by atoms with van der Waals surface area (Å²) in [6, 6.07) is 5.17. The number of nitrogens with zero attached hydrogens (tertiary/aromatic N) is 1. The summed E-state index contributed by atoms with van der Waals surface area (Å²) >= 11 is 0. The average Bonchev–Trinajstić information content (AvgIpc) is 2.87. The van der Waals surface area contributed by atoms with Crippen molar-refractivity contribution in [3.8, 4) is 11.6 Å². The SMILES string of the molecule is COc1cc2c(OC[C@H]3NC(=O)[C@H]4[C@@H]3C[C@@H]4C)nccc2cc1C(N)=O. The van der Waals surface area contributed by atoms with Gasteiger partial charge in [0.1, 0.15) is 12.4 Å². The fraction of sp³-hybridized carbons (Fsp3) is 0.421. The minimum absolute atomic E-state index is 0.00699. The quantitative estimate of drug-likeness (QED) is 0.846. The second-order valence-electron chi connectivity index (χ2n) is 7.08. The van der Waals surface area contributed by atoms with E-state index in [4.69, 9.17) is 15.2 Å². The van der Waals surface area contributed by atoms with Crippen molar-refractivity contribution in [2.75, 3.05) is 13.7 Å². The van der Waals surface area contributed by atoms with Crippen LogP contribution in [0.5, 0.6) is 11.6 Å². The maximum absolute atomic E-state index is 12.0. The third-order valence-electron chi connectivity index (χ3n) is 5.58. The van der Waals surface area contributed by atoms with Gasteiger partial charge in [0.15, 0.2) is 0 Å². The third kappa shape index (κ3) is 2.55. The van der Waals surface area contributed by atoms with E-state index in [9.17, 15) is 9.59 Å². The van der Waals surface area contributed by atoms with Crippen LogP contribution in [0.25, 0.3) is 10.8 Å². The minimum Gasteiger partial charge on any atom is -0.496 e. The molecule has 2 heterocycles. The number of carbonyl (C=O) groups excluding carboxylic acids is 2. The number of nitrogens with two attached hydrogens (primary N) is 1. The monoisotopic (exact) mass is 355 g/mol. The van der Waals surface area contributed by atoms with Crippen molar-refractivity contribution < 1.29 is 19.1 Å². The number of ether oxygens (including phenoxy) is 2. The van der Waals surface area contributed by atoms with E-state index >= 15 is 0 Å². The molecule has 3 N–H and O–H groups in total. The number of carbonyl (C=O) groups is 2. The van der Waals surface area contributed by atoms with Gasteiger partial charge in [-0.1, -0.05) is 6.92 Å². The van der Waals surface area contributed by atoms with Crippen LogP contribution in [0.3, 0.4) is 0 Å². The molecule has 0 spiro atoms. The lowest BCUT2D eigenvalue weighted by Crippen LogP contribution is -2.40. The summed E-state index contributed by atoms with van der Waals surface area (Å²) in [5.74, 6) is 1.29. The van der Waals surface area contributed by atoms with Crippen molar-refractivity contribution in [3.63, 3.8) is 0 Å². The van der Waals surface area contributed by atoms with E-state index in [0.717, 1.165) is 17.2 Å². The molecule has 2 fully saturated rings. The summed E-state index contributed by atoms with van der Waals surface area (Å²) in [7, 11) is 1.48. The lowest BCUT2D eigenvalue weighted by Gasteiger charge is -2.37. The van der Waals surface area contributed by atoms with Crippen LogP contribution in [-0.4, -0.2) is 36.6 Å². The molecule has 0 bridgehead atoms. The Morgan fingerprint density at radius 2 is 2.23 bits per heavy atom. The topological polar surface area (TPSA) is 104 Å². The van der Waals surface area contributed by atoms with Crippen LogP contribution in [0, 0.1) is 17.8 Å². The first-order valence-corrected chi connectivity index (χ1v) is 8.69. The molecular formula is C19H21N3O4. The van der Waals surface area contributed by atoms with Crippen LogP contribution in [-0.2, 0) is 4.79 Å². The number of nitrogens with one attached hydrogen (secondary N) is 1. The second kappa shape index (κ2) is 6.16. The van der Waals surface area contributed by atoms with Gasteiger partial charge in [-0.2, -0.15) is 0 Å². The third-order valence-corrected chi connectivity index (χ3v) is 5.58. The molecule has 7 nitrogen and oxygen atoms in total. The van der Waals surface area contributed by atoms with Gasteiger partial charge in [-0.05, 0) is 41.8 Å². The molecule has 2 aromatic rings. The number of rotatable bonds is 5. The molecule has 7 heteroatoms. The van der Waals surface area contributed by atoms with Crippen molar-refractivity contribution in [1.82, 2.24) is 10.3 Å². The number of fused-ring (bicyclic) bond motifs is 2. The molecule has 0 radical (unpaired) electrons. The smallest absolute Gasteiger partial charge is 0.252 e. The van der Waals surface area contributed by atoms with E-state index in [1.54, 1.807) is 24.4 Å². The Hall–Kier alpha value is -2.83. The normalized spacial score (nSPS) is 26.8. The molecule has 26 heavy (non-hydrogen) atoms. The van der Waals surface area contributed by atoms with Crippen LogP contribution in [0.2, 0.25) is 0 Å². The zero-order valence-corrected chi connectivity index (χ0v) is 14.7. The summed E-state index contributed by atoms with van der Waals surface area (Å²) in [6.45, 7) is 2.48. The predicted molar refractivity (Wildman–Crippen MR) is 95.0 cm³/mol. The highest BCUT2D eigenvalue weighted by atomic mass is 16.5. The van der Waals surface area contributed by atoms with Gasteiger partial charge in [0, 0.05) is 17.5 Å². The van der Waals surface area contributed by atoms with Crippen molar-refractivity contribution >= 4 is 22.6 Å². The fourth-order valence-corrected chi connectivity index (χ4v) is 4.19. The molecule has 4 atom stereocenters. The first-order chi connectivity index (χ1) is 12.5. The van der Waals surface area contributed by atoms with Gasteiger partial charge in [0.2, 0.25) is 11.8 Å². The van der Waals surface area contributed by atoms with E-state index < -0.39 is 5.91 Å². The van der Waals surface area contributed by atoms with Gasteiger partial charge < -0.3 is 20.5 Å². The molecule has 2 amide bonds. The number of benzene rings is 1. The van der Waals surface area contributed by atoms with Crippen molar-refractivity contribution in [2.45, 2.75) is 19.4 Å². The van der Waals surface area contributed by atoms with Crippen LogP contribution in [0.4, 0.5) is 0 Å². The number of aromatic nitrogens is 1. The summed E-state index contributed by atoms with van der Waals surface area (Å²) in [6.07, 6.45) is 2.66. The summed E-state index contributed by atoms with van der Waals surface area (Å²) in [5.41, 5.74) is 5.73. The first kappa shape index (κ1) is 16.6. The predicted octanol–water partition coefficient (Wildman–Crippen LogP) is 1.49. The van der Waals surface area contributed by atoms with Gasteiger partial charge in [0.25, 0.3) is 5.91 Å². The highest BCUT2D eigenvalue weighted by Crippen LogP contribution is 2.46. The lowest BCUT2D eigenvalue weighted by molar-refractivity contribution is -0.127. The van der Waals surface area contributed by atoms with E-state index in [1.807, 2.05) is 0 Å². The van der Waals surface area contributed by atoms with E-state index in [2.05, 4.69) is 17.2 Å². The number of primary amides is 1. The molecule has 2 aliphatic rings. The fourth-order valence-electron chi connectivity index (χ4n) is 4.19. The molecule has 136 valence electrons. The van der Waals surface area contributed by atoms with Gasteiger partial charge in [-0.3, -0.25) is 9.59 Å². The number of pyridine rings is 1. The van der Waals surface area contributed by atoms with Gasteiger partial charge in [0.05, 0.1) is 18.7 Å². The van der Waals surface area contributed by atoms with Crippen molar-refractivity contribution in [3.05, 3.63) is 30.0 Å². The van der Waals surface area contributed by atoms with Crippen molar-refractivity contribution in [1.29, 1.82) is 0 Å². The average molecular weight is 355 g/mol. The van der Waals surface area contributed by atoms with E-state index in [0.29, 0.717) is 35.6 Å². The van der Waals surface area contributed by atoms with Crippen LogP contribution < -0.4 is 20.5 Å². The summed E-state index contributed by atoms with van der Waals surface area (Å²) < 4.78 is 11.2. The molecule has 1 aliphatic heterocycles. The molecule has 1 aliphatic carbocycles. The lowest BCUT2D eigenvalue weighted by atomic mass is 9.65. The Kier molecular flexibility index (Phi) is 3.94. The first-order valence-electron chi connectivity index (χ1n) is 8.69. The van der Waals surface area contributed by atoms with Crippen molar-refractivity contribution in [2.24, 2.45) is 23.5 Å². The van der Waals surface area contributed by atoms with Crippen LogP contribution in [0.1, 0.15) is 23.7 Å². The van der Waals surface area contributed by atoms with Crippen LogP contribution >= 0.6 is 0 Å². The summed E-state index contributed by atoms with van der Waals surface area (Å²) in [4.78, 5) is 27.9. The molecular weight excluding hydrogens is 334 g/mol. The molecule has 1 saturated heterocycles. The Morgan fingerprint density at radius 3 is 2.88 bits per heavy atom. The van der Waals surface area contributed by atoms with E-state index in [-0.39, 0.29) is 17.9 Å². The number of hydrogen-bond donors (Lipinski definition) is 2. The second-order valence-corrected chi connectivity index (χ2v) is 7.08. The maximum Gasteiger partial charge on any atom is 0.252 e. The highest BCUT2D eigenvalue weighted by molar-refractivity contribution is 6.01. The van der Waals surface area contributed by atoms with Gasteiger partial charge in [-0.15, -0.1) is 0 Å². The minimum atomic E-state index is -0.554. The van der Waals surface area contributed by atoms with Gasteiger partial charge in [-0.25, -0.2) is 4.98 Å². The molecule has 0 unspecified atom stereocenters. The summed E-state index contributed by atoms with van der Waals surface area (Å²) in [5, 5.41) is 4.55. The van der Waals surface area contributed by atoms with Crippen LogP contribution in [0.15, 0.2) is 24.4 Å². The number of methoxy groups -OCH3 is 1. The number of hydrogen-bond acceptors (Lipinski definition) is 5. The Morgan fingerprint density at radius 1 is 1.42 bits per heavy atom. The largest absolute Gasteiger partial charge is 0.496 e. The Bertz CT molecular complexity index is 898. The molecule has 4 rings (SSSR count). The zero-order valence-electron chi connectivity index (χ0n) is 14.7. The van der Waals surface area contributed by atoms with Gasteiger partial charge >= 0.3 is 0 Å².